The van der Waals surface area contributed by atoms with Gasteiger partial charge in [-0.1, -0.05) is 55.7 Å². The minimum Gasteiger partial charge on any atom is -0.455 e. The molecule has 0 atom stereocenters. The van der Waals surface area contributed by atoms with Gasteiger partial charge in [-0.2, -0.15) is 0 Å². The molecule has 98 valence electrons. The second-order valence-electron chi connectivity index (χ2n) is 3.68. The summed E-state index contributed by atoms with van der Waals surface area (Å²) in [5, 5.41) is 0.506. The highest BCUT2D eigenvalue weighted by Gasteiger charge is 2.10. The summed E-state index contributed by atoms with van der Waals surface area (Å²) in [6.07, 6.45) is 0. The van der Waals surface area contributed by atoms with Gasteiger partial charge in [0, 0.05) is 8.95 Å². The number of hydrogen-bond acceptors (Lipinski definition) is 2. The Morgan fingerprint density at radius 1 is 1.05 bits per heavy atom. The van der Waals surface area contributed by atoms with Gasteiger partial charge in [0.25, 0.3) is 0 Å². The standard InChI is InChI=1S/C13H8Br2ClNOS/c14-7-1-3-11(9(5-7)13(17)19)18-12-4-2-8(15)6-10(12)16/h1-6H,(H2,17,19). The van der Waals surface area contributed by atoms with E-state index in [-0.39, 0.29) is 4.99 Å². The van der Waals surface area contributed by atoms with E-state index in [1.807, 2.05) is 18.2 Å². The van der Waals surface area contributed by atoms with Crippen LogP contribution in [-0.4, -0.2) is 4.99 Å². The monoisotopic (exact) mass is 419 g/mol. The molecule has 2 aromatic rings. The van der Waals surface area contributed by atoms with Crippen LogP contribution in [0.25, 0.3) is 0 Å². The molecule has 0 aromatic heterocycles. The van der Waals surface area contributed by atoms with Gasteiger partial charge in [0.15, 0.2) is 0 Å². The summed E-state index contributed by atoms with van der Waals surface area (Å²) in [5.41, 5.74) is 6.35. The van der Waals surface area contributed by atoms with Crippen LogP contribution in [0, 0.1) is 0 Å². The van der Waals surface area contributed by atoms with E-state index in [4.69, 9.17) is 34.3 Å². The molecule has 0 aliphatic heterocycles. The lowest BCUT2D eigenvalue weighted by Gasteiger charge is -2.12. The number of thiocarbonyl (C=S) groups is 1. The maximum absolute atomic E-state index is 6.11. The lowest BCUT2D eigenvalue weighted by Crippen LogP contribution is -2.10. The first kappa shape index (κ1) is 14.8. The zero-order valence-corrected chi connectivity index (χ0v) is 14.2. The fraction of sp³-hybridized carbons (Fsp3) is 0. The molecule has 0 fully saturated rings. The predicted molar refractivity (Wildman–Crippen MR) is 89.3 cm³/mol. The summed E-state index contributed by atoms with van der Waals surface area (Å²) in [4.78, 5) is 0.268. The van der Waals surface area contributed by atoms with Gasteiger partial charge in [-0.25, -0.2) is 0 Å². The molecule has 19 heavy (non-hydrogen) atoms. The molecule has 2 nitrogen and oxygen atoms in total. The van der Waals surface area contributed by atoms with Gasteiger partial charge in [-0.05, 0) is 36.4 Å². The van der Waals surface area contributed by atoms with Crippen molar-refractivity contribution in [3.63, 3.8) is 0 Å². The molecule has 6 heteroatoms. The van der Waals surface area contributed by atoms with Gasteiger partial charge in [-0.15, -0.1) is 0 Å². The smallest absolute Gasteiger partial charge is 0.146 e. The van der Waals surface area contributed by atoms with Crippen LogP contribution in [0.5, 0.6) is 11.5 Å². The Morgan fingerprint density at radius 2 is 1.63 bits per heavy atom. The Bertz CT molecular complexity index is 649. The number of benzene rings is 2. The van der Waals surface area contributed by atoms with Gasteiger partial charge >= 0.3 is 0 Å². The Labute approximate surface area is 138 Å². The lowest BCUT2D eigenvalue weighted by atomic mass is 10.2. The number of hydrogen-bond donors (Lipinski definition) is 1. The summed E-state index contributed by atoms with van der Waals surface area (Å²) < 4.78 is 7.53. The minimum absolute atomic E-state index is 0.268. The van der Waals surface area contributed by atoms with E-state index >= 15 is 0 Å². The summed E-state index contributed by atoms with van der Waals surface area (Å²) in [6.45, 7) is 0. The third-order valence-electron chi connectivity index (χ3n) is 2.32. The molecule has 0 saturated heterocycles. The van der Waals surface area contributed by atoms with Gasteiger partial charge < -0.3 is 10.5 Å². The summed E-state index contributed by atoms with van der Waals surface area (Å²) in [7, 11) is 0. The van der Waals surface area contributed by atoms with E-state index in [2.05, 4.69) is 31.9 Å². The third kappa shape index (κ3) is 3.69. The lowest BCUT2D eigenvalue weighted by molar-refractivity contribution is 0.482. The van der Waals surface area contributed by atoms with Crippen molar-refractivity contribution >= 4 is 60.7 Å². The predicted octanol–water partition coefficient (Wildman–Crippen LogP) is 5.29. The van der Waals surface area contributed by atoms with E-state index in [1.54, 1.807) is 18.2 Å². The third-order valence-corrected chi connectivity index (χ3v) is 3.82. The molecule has 2 rings (SSSR count). The number of rotatable bonds is 3. The highest BCUT2D eigenvalue weighted by atomic mass is 79.9. The van der Waals surface area contributed by atoms with Crippen molar-refractivity contribution in [2.45, 2.75) is 0 Å². The Balaban J connectivity index is 2.40. The highest BCUT2D eigenvalue weighted by molar-refractivity contribution is 9.10. The van der Waals surface area contributed by atoms with Crippen LogP contribution in [0.1, 0.15) is 5.56 Å². The molecule has 0 bridgehead atoms. The van der Waals surface area contributed by atoms with E-state index < -0.39 is 0 Å². The topological polar surface area (TPSA) is 35.2 Å². The van der Waals surface area contributed by atoms with E-state index in [9.17, 15) is 0 Å². The van der Waals surface area contributed by atoms with Crippen LogP contribution in [-0.2, 0) is 0 Å². The first-order valence-corrected chi connectivity index (χ1v) is 7.57. The summed E-state index contributed by atoms with van der Waals surface area (Å²) in [6, 6.07) is 10.8. The normalized spacial score (nSPS) is 10.3. The van der Waals surface area contributed by atoms with Crippen LogP contribution in [0.4, 0.5) is 0 Å². The largest absolute Gasteiger partial charge is 0.455 e. The van der Waals surface area contributed by atoms with Gasteiger partial charge in [0.2, 0.25) is 0 Å². The Kier molecular flexibility index (Phi) is 4.84. The molecule has 0 aliphatic rings. The zero-order chi connectivity index (χ0) is 14.0. The van der Waals surface area contributed by atoms with Crippen molar-refractivity contribution in [3.8, 4) is 11.5 Å². The van der Waals surface area contributed by atoms with E-state index in [1.165, 1.54) is 0 Å². The summed E-state index contributed by atoms with van der Waals surface area (Å²) in [5.74, 6) is 1.12. The molecular weight excluding hydrogens is 413 g/mol. The van der Waals surface area contributed by atoms with Crippen LogP contribution in [0.3, 0.4) is 0 Å². The van der Waals surface area contributed by atoms with E-state index in [0.29, 0.717) is 22.1 Å². The van der Waals surface area contributed by atoms with E-state index in [0.717, 1.165) is 8.95 Å². The van der Waals surface area contributed by atoms with Crippen molar-refractivity contribution < 1.29 is 4.74 Å². The second-order valence-corrected chi connectivity index (χ2v) is 6.36. The molecule has 0 radical (unpaired) electrons. The molecule has 0 amide bonds. The summed E-state index contributed by atoms with van der Waals surface area (Å²) >= 11 is 17.8. The van der Waals surface area contributed by atoms with Gasteiger partial charge in [0.05, 0.1) is 10.6 Å². The second kappa shape index (κ2) is 6.22. The SMILES string of the molecule is NC(=S)c1cc(Br)ccc1Oc1ccc(Br)cc1Cl. The quantitative estimate of drug-likeness (QED) is 0.684. The molecule has 0 heterocycles. The fourth-order valence-electron chi connectivity index (χ4n) is 1.46. The highest BCUT2D eigenvalue weighted by Crippen LogP contribution is 2.34. The van der Waals surface area contributed by atoms with Crippen LogP contribution in [0.15, 0.2) is 45.3 Å². The molecule has 0 saturated carbocycles. The first-order valence-electron chi connectivity index (χ1n) is 5.19. The number of nitrogens with two attached hydrogens (primary N) is 1. The molecular formula is C13H8Br2ClNOS. The van der Waals surface area contributed by atoms with Crippen molar-refractivity contribution in [3.05, 3.63) is 55.9 Å². The van der Waals surface area contributed by atoms with Crippen LogP contribution < -0.4 is 10.5 Å². The Morgan fingerprint density at radius 3 is 2.21 bits per heavy atom. The molecule has 0 unspecified atom stereocenters. The Hall–Kier alpha value is -0.620. The van der Waals surface area contributed by atoms with Gasteiger partial charge in [0.1, 0.15) is 16.5 Å². The van der Waals surface area contributed by atoms with Crippen molar-refractivity contribution in [1.82, 2.24) is 0 Å². The van der Waals surface area contributed by atoms with Crippen LogP contribution >= 0.6 is 55.7 Å². The number of halogens is 3. The van der Waals surface area contributed by atoms with Crippen molar-refractivity contribution in [1.29, 1.82) is 0 Å². The van der Waals surface area contributed by atoms with Gasteiger partial charge in [-0.3, -0.25) is 0 Å². The molecule has 2 N–H and O–H groups in total. The maximum Gasteiger partial charge on any atom is 0.146 e. The number of ether oxygens (including phenoxy) is 1. The average molecular weight is 422 g/mol. The van der Waals surface area contributed by atoms with Crippen molar-refractivity contribution in [2.24, 2.45) is 5.73 Å². The molecule has 2 aromatic carbocycles. The van der Waals surface area contributed by atoms with Crippen LogP contribution in [0.2, 0.25) is 5.02 Å². The minimum atomic E-state index is 0.268. The average Bonchev–Trinajstić information content (AvgIpc) is 2.34. The fourth-order valence-corrected chi connectivity index (χ4v) is 2.69. The van der Waals surface area contributed by atoms with Crippen molar-refractivity contribution in [2.75, 3.05) is 0 Å². The molecule has 0 aliphatic carbocycles. The first-order chi connectivity index (χ1) is 8.97. The zero-order valence-electron chi connectivity index (χ0n) is 9.49. The molecule has 0 spiro atoms. The maximum atomic E-state index is 6.11.